The molecule has 0 amide bonds. The quantitative estimate of drug-likeness (QED) is 0.792. The highest BCUT2D eigenvalue weighted by atomic mass is 32.2. The maximum atomic E-state index is 13.6. The molecular weight excluding hydrogens is 385 g/mol. The Labute approximate surface area is 159 Å². The zero-order chi connectivity index (χ0) is 19.8. The summed E-state index contributed by atoms with van der Waals surface area (Å²) in [4.78, 5) is 5.91. The molecule has 2 N–H and O–H groups in total. The number of alkyl halides is 3. The van der Waals surface area contributed by atoms with Gasteiger partial charge in [0.05, 0.1) is 6.61 Å². The molecule has 2 heterocycles. The van der Waals surface area contributed by atoms with E-state index >= 15 is 0 Å². The Bertz CT molecular complexity index is 674. The van der Waals surface area contributed by atoms with Crippen LogP contribution in [0.5, 0.6) is 0 Å². The van der Waals surface area contributed by atoms with Crippen LogP contribution >= 0.6 is 11.8 Å². The average Bonchev–Trinajstić information content (AvgIpc) is 3.03. The molecule has 3 rings (SSSR count). The number of nitrogens with zero attached hydrogens (tertiary/aromatic N) is 2. The van der Waals surface area contributed by atoms with Crippen molar-refractivity contribution in [1.29, 1.82) is 0 Å². The van der Waals surface area contributed by atoms with Crippen LogP contribution in [0, 0.1) is 0 Å². The van der Waals surface area contributed by atoms with Crippen molar-refractivity contribution in [3.63, 3.8) is 0 Å². The molecule has 1 unspecified atom stereocenters. The van der Waals surface area contributed by atoms with E-state index in [1.165, 1.54) is 0 Å². The minimum Gasteiger partial charge on any atom is -0.388 e. The highest BCUT2D eigenvalue weighted by Gasteiger charge is 2.57. The topological polar surface area (TPSA) is 74.5 Å². The first kappa shape index (κ1) is 20.4. The summed E-state index contributed by atoms with van der Waals surface area (Å²) in [7, 11) is 3.45. The predicted molar refractivity (Wildman–Crippen MR) is 94.2 cm³/mol. The summed E-state index contributed by atoms with van der Waals surface area (Å²) >= 11 is 1.11. The molecule has 0 spiro atoms. The summed E-state index contributed by atoms with van der Waals surface area (Å²) in [6, 6.07) is 7.57. The molecule has 27 heavy (non-hydrogen) atoms. The van der Waals surface area contributed by atoms with Crippen molar-refractivity contribution in [3.05, 3.63) is 35.9 Å². The summed E-state index contributed by atoms with van der Waals surface area (Å²) in [6.07, 6.45) is -12.2. The predicted octanol–water partition coefficient (Wildman–Crippen LogP) is 1.61. The van der Waals surface area contributed by atoms with Crippen molar-refractivity contribution in [3.8, 4) is 0 Å². The standard InChI is InChI=1S/C17H21F3N2O4S/c1-22(2)16-21-10-11(23)12(24)13(26-15(10)27-16)14(17(18,19)20)25-8-9-6-4-3-5-7-9/h3-7,10-15,23-24H,8H2,1-2H3/t10-,11-,12+,13?,14+,15-/m1/s1. The number of rotatable bonds is 4. The van der Waals surface area contributed by atoms with E-state index in [2.05, 4.69) is 4.99 Å². The molecule has 0 radical (unpaired) electrons. The Hall–Kier alpha value is -1.33. The Morgan fingerprint density at radius 1 is 1.22 bits per heavy atom. The van der Waals surface area contributed by atoms with Crippen LogP contribution < -0.4 is 0 Å². The number of amidine groups is 1. The molecule has 2 aliphatic rings. The van der Waals surface area contributed by atoms with Gasteiger partial charge >= 0.3 is 6.18 Å². The molecule has 0 aromatic heterocycles. The number of hydrogen-bond acceptors (Lipinski definition) is 7. The number of ether oxygens (including phenoxy) is 2. The fourth-order valence-electron chi connectivity index (χ4n) is 2.98. The van der Waals surface area contributed by atoms with Crippen LogP contribution in [-0.2, 0) is 16.1 Å². The highest BCUT2D eigenvalue weighted by molar-refractivity contribution is 8.14. The number of halogens is 3. The van der Waals surface area contributed by atoms with Gasteiger partial charge in [-0.3, -0.25) is 4.99 Å². The molecular formula is C17H21F3N2O4S. The molecule has 6 nitrogen and oxygen atoms in total. The average molecular weight is 406 g/mol. The highest BCUT2D eigenvalue weighted by Crippen LogP contribution is 2.40. The number of hydrogen-bond donors (Lipinski definition) is 2. The minimum atomic E-state index is -4.78. The summed E-state index contributed by atoms with van der Waals surface area (Å²) in [5.41, 5.74) is -0.264. The second-order valence-corrected chi connectivity index (χ2v) is 7.69. The second-order valence-electron chi connectivity index (χ2n) is 6.62. The number of aliphatic hydroxyl groups is 2. The number of thioether (sulfide) groups is 1. The SMILES string of the molecule is CN(C)C1=N[C@@H]2[C@@H](O)[C@H](O)C([C@H](OCc3ccccc3)C(F)(F)F)O[C@@H]2S1. The van der Waals surface area contributed by atoms with E-state index in [-0.39, 0.29) is 6.61 Å². The van der Waals surface area contributed by atoms with Gasteiger partial charge in [-0.2, -0.15) is 13.2 Å². The van der Waals surface area contributed by atoms with E-state index < -0.39 is 42.1 Å². The molecule has 6 atom stereocenters. The van der Waals surface area contributed by atoms with Crippen molar-refractivity contribution in [2.75, 3.05) is 14.1 Å². The molecule has 1 aromatic carbocycles. The van der Waals surface area contributed by atoms with Crippen molar-refractivity contribution in [1.82, 2.24) is 4.90 Å². The van der Waals surface area contributed by atoms with Gasteiger partial charge in [-0.25, -0.2) is 0 Å². The number of aliphatic hydroxyl groups excluding tert-OH is 2. The second kappa shape index (κ2) is 7.96. The normalized spacial score (nSPS) is 32.0. The summed E-state index contributed by atoms with van der Waals surface area (Å²) in [5.74, 6) is 0. The van der Waals surface area contributed by atoms with E-state index in [9.17, 15) is 23.4 Å². The first-order chi connectivity index (χ1) is 12.7. The van der Waals surface area contributed by atoms with E-state index in [4.69, 9.17) is 9.47 Å². The summed E-state index contributed by atoms with van der Waals surface area (Å²) < 4.78 is 51.5. The van der Waals surface area contributed by atoms with E-state index in [0.29, 0.717) is 10.7 Å². The van der Waals surface area contributed by atoms with Gasteiger partial charge in [0.2, 0.25) is 0 Å². The fraction of sp³-hybridized carbons (Fsp3) is 0.588. The van der Waals surface area contributed by atoms with Crippen LogP contribution in [0.15, 0.2) is 35.3 Å². The first-order valence-electron chi connectivity index (χ1n) is 8.34. The van der Waals surface area contributed by atoms with Crippen LogP contribution in [0.25, 0.3) is 0 Å². The third-order valence-electron chi connectivity index (χ3n) is 4.36. The lowest BCUT2D eigenvalue weighted by atomic mass is 9.94. The Kier molecular flexibility index (Phi) is 6.02. The lowest BCUT2D eigenvalue weighted by molar-refractivity contribution is -0.286. The lowest BCUT2D eigenvalue weighted by Crippen LogP contribution is -2.61. The van der Waals surface area contributed by atoms with Crippen molar-refractivity contribution in [2.24, 2.45) is 4.99 Å². The minimum absolute atomic E-state index is 0.297. The molecule has 0 bridgehead atoms. The van der Waals surface area contributed by atoms with E-state index in [1.54, 1.807) is 49.3 Å². The van der Waals surface area contributed by atoms with Crippen LogP contribution in [0.1, 0.15) is 5.56 Å². The van der Waals surface area contributed by atoms with Gasteiger partial charge in [0.1, 0.15) is 29.8 Å². The van der Waals surface area contributed by atoms with Crippen LogP contribution in [0.3, 0.4) is 0 Å². The van der Waals surface area contributed by atoms with Gasteiger partial charge < -0.3 is 24.6 Å². The molecule has 0 saturated carbocycles. The number of fused-ring (bicyclic) bond motifs is 1. The third kappa shape index (κ3) is 4.40. The molecule has 10 heteroatoms. The maximum absolute atomic E-state index is 13.6. The van der Waals surface area contributed by atoms with Crippen LogP contribution in [-0.4, -0.2) is 76.4 Å². The third-order valence-corrected chi connectivity index (χ3v) is 5.67. The smallest absolute Gasteiger partial charge is 0.388 e. The molecule has 1 aromatic rings. The van der Waals surface area contributed by atoms with Crippen LogP contribution in [0.4, 0.5) is 13.2 Å². The number of aliphatic imine (C=N–C) groups is 1. The fourth-order valence-corrected chi connectivity index (χ4v) is 4.12. The van der Waals surface area contributed by atoms with Gasteiger partial charge in [-0.05, 0) is 5.56 Å². The van der Waals surface area contributed by atoms with Crippen molar-refractivity contribution >= 4 is 16.9 Å². The molecule has 150 valence electrons. The van der Waals surface area contributed by atoms with Gasteiger partial charge in [0, 0.05) is 14.1 Å². The Morgan fingerprint density at radius 3 is 2.48 bits per heavy atom. The molecule has 0 aliphatic carbocycles. The molecule has 1 fully saturated rings. The summed E-state index contributed by atoms with van der Waals surface area (Å²) in [6.45, 7) is -0.297. The van der Waals surface area contributed by atoms with Crippen molar-refractivity contribution in [2.45, 2.75) is 48.7 Å². The maximum Gasteiger partial charge on any atom is 0.417 e. The largest absolute Gasteiger partial charge is 0.417 e. The lowest BCUT2D eigenvalue weighted by Gasteiger charge is -2.41. The zero-order valence-electron chi connectivity index (χ0n) is 14.7. The zero-order valence-corrected chi connectivity index (χ0v) is 15.5. The Balaban J connectivity index is 1.77. The van der Waals surface area contributed by atoms with Gasteiger partial charge in [0.25, 0.3) is 0 Å². The Morgan fingerprint density at radius 2 is 1.89 bits per heavy atom. The first-order valence-corrected chi connectivity index (χ1v) is 9.22. The monoisotopic (exact) mass is 406 g/mol. The summed E-state index contributed by atoms with van der Waals surface area (Å²) in [5, 5.41) is 21.1. The molecule has 2 aliphatic heterocycles. The van der Waals surface area contributed by atoms with Gasteiger partial charge in [0.15, 0.2) is 11.3 Å². The van der Waals surface area contributed by atoms with E-state index in [1.807, 2.05) is 0 Å². The number of benzene rings is 1. The van der Waals surface area contributed by atoms with Gasteiger partial charge in [-0.1, -0.05) is 42.1 Å². The molecule has 1 saturated heterocycles. The van der Waals surface area contributed by atoms with E-state index in [0.717, 1.165) is 11.8 Å². The van der Waals surface area contributed by atoms with Crippen molar-refractivity contribution < 1.29 is 32.9 Å². The van der Waals surface area contributed by atoms with Gasteiger partial charge in [-0.15, -0.1) is 0 Å². The van der Waals surface area contributed by atoms with Crippen LogP contribution in [0.2, 0.25) is 0 Å².